The highest BCUT2D eigenvalue weighted by atomic mass is 32.1. The number of benzene rings is 1. The van der Waals surface area contributed by atoms with Crippen LogP contribution < -0.4 is 20.5 Å². The van der Waals surface area contributed by atoms with Crippen molar-refractivity contribution in [2.24, 2.45) is 5.73 Å². The second kappa shape index (κ2) is 9.49. The summed E-state index contributed by atoms with van der Waals surface area (Å²) in [5.74, 6) is 0.146. The Hall–Kier alpha value is -3.27. The van der Waals surface area contributed by atoms with Crippen LogP contribution in [0.25, 0.3) is 0 Å². The second-order valence-corrected chi connectivity index (χ2v) is 7.56. The fraction of sp³-hybridized carbons (Fsp3) is 0.350. The predicted octanol–water partition coefficient (Wildman–Crippen LogP) is 2.39. The van der Waals surface area contributed by atoms with Gasteiger partial charge in [-0.05, 0) is 43.2 Å². The number of nitrogens with two attached hydrogens (primary N) is 1. The summed E-state index contributed by atoms with van der Waals surface area (Å²) in [6.45, 7) is 2.51. The number of nitrogens with zero attached hydrogens (tertiary/aromatic N) is 1. The maximum absolute atomic E-state index is 12.4. The maximum Gasteiger partial charge on any atom is 0.410 e. The van der Waals surface area contributed by atoms with Gasteiger partial charge in [0.25, 0.3) is 11.8 Å². The van der Waals surface area contributed by atoms with Gasteiger partial charge < -0.3 is 30.2 Å². The molecular weight excluding hydrogens is 410 g/mol. The molecule has 9 nitrogen and oxygen atoms in total. The summed E-state index contributed by atoms with van der Waals surface area (Å²) in [4.78, 5) is 38.7. The summed E-state index contributed by atoms with van der Waals surface area (Å²) in [6.07, 6.45) is 0.0527. The van der Waals surface area contributed by atoms with Crippen molar-refractivity contribution in [1.82, 2.24) is 4.90 Å². The first-order valence-corrected chi connectivity index (χ1v) is 10.2. The molecule has 0 atom stereocenters. The number of hydrogen-bond donors (Lipinski definition) is 2. The van der Waals surface area contributed by atoms with Crippen LogP contribution in [0, 0.1) is 0 Å². The summed E-state index contributed by atoms with van der Waals surface area (Å²) in [7, 11) is 1.56. The Balaban J connectivity index is 1.68. The Morgan fingerprint density at radius 1 is 1.20 bits per heavy atom. The molecule has 1 aromatic carbocycles. The van der Waals surface area contributed by atoms with E-state index in [1.165, 1.54) is 11.3 Å². The minimum absolute atomic E-state index is 0.234. The summed E-state index contributed by atoms with van der Waals surface area (Å²) in [6, 6.07) is 6.83. The van der Waals surface area contributed by atoms with E-state index in [-0.39, 0.29) is 18.8 Å². The molecular formula is C20H23N3O6S. The van der Waals surface area contributed by atoms with Crippen LogP contribution in [0.4, 0.5) is 9.80 Å². The van der Waals surface area contributed by atoms with Crippen LogP contribution in [-0.2, 0) is 22.5 Å². The first kappa shape index (κ1) is 21.4. The molecule has 1 aliphatic rings. The lowest BCUT2D eigenvalue weighted by Crippen LogP contribution is -2.36. The van der Waals surface area contributed by atoms with E-state index >= 15 is 0 Å². The highest BCUT2D eigenvalue weighted by Gasteiger charge is 2.30. The van der Waals surface area contributed by atoms with E-state index < -0.39 is 17.9 Å². The standard InChI is InChI=1S/C20H23N3O6S/c1-3-28-20(26)23-9-8-14-15(10-23)30-19(17(14)18(21)25)22-16(24)11-29-13-6-4-12(27-2)5-7-13/h4-7H,3,8-11H2,1-2H3,(H2,21,25)(H,22,24). The Labute approximate surface area is 177 Å². The van der Waals surface area contributed by atoms with Gasteiger partial charge in [0.2, 0.25) is 0 Å². The molecule has 0 aliphatic carbocycles. The van der Waals surface area contributed by atoms with Crippen molar-refractivity contribution < 1.29 is 28.6 Å². The highest BCUT2D eigenvalue weighted by Crippen LogP contribution is 2.37. The lowest BCUT2D eigenvalue weighted by Gasteiger charge is -2.26. The van der Waals surface area contributed by atoms with E-state index in [9.17, 15) is 14.4 Å². The van der Waals surface area contributed by atoms with Crippen LogP contribution in [0.1, 0.15) is 27.7 Å². The smallest absolute Gasteiger partial charge is 0.410 e. The molecule has 3 rings (SSSR count). The van der Waals surface area contributed by atoms with Gasteiger partial charge in [-0.2, -0.15) is 0 Å². The molecule has 0 bridgehead atoms. The largest absolute Gasteiger partial charge is 0.497 e. The third kappa shape index (κ3) is 4.82. The number of methoxy groups -OCH3 is 1. The summed E-state index contributed by atoms with van der Waals surface area (Å²) in [5, 5.41) is 3.07. The first-order valence-electron chi connectivity index (χ1n) is 9.35. The molecule has 0 radical (unpaired) electrons. The van der Waals surface area contributed by atoms with Gasteiger partial charge in [-0.3, -0.25) is 9.59 Å². The number of carbonyl (C=O) groups excluding carboxylic acids is 3. The number of amides is 3. The van der Waals surface area contributed by atoms with Crippen molar-refractivity contribution in [2.45, 2.75) is 19.9 Å². The minimum atomic E-state index is -0.622. The van der Waals surface area contributed by atoms with Gasteiger partial charge in [-0.25, -0.2) is 4.79 Å². The van der Waals surface area contributed by atoms with E-state index in [0.717, 1.165) is 10.4 Å². The molecule has 0 fully saturated rings. The zero-order chi connectivity index (χ0) is 21.7. The molecule has 0 saturated carbocycles. The van der Waals surface area contributed by atoms with Crippen LogP contribution in [0.2, 0.25) is 0 Å². The second-order valence-electron chi connectivity index (χ2n) is 6.46. The maximum atomic E-state index is 12.4. The van der Waals surface area contributed by atoms with Crippen molar-refractivity contribution in [3.63, 3.8) is 0 Å². The number of rotatable bonds is 7. The number of nitrogens with one attached hydrogen (secondary N) is 1. The molecule has 3 amide bonds. The molecule has 2 aromatic rings. The third-order valence-electron chi connectivity index (χ3n) is 4.51. The topological polar surface area (TPSA) is 120 Å². The number of thiophene rings is 1. The van der Waals surface area contributed by atoms with Crippen molar-refractivity contribution in [1.29, 1.82) is 0 Å². The average molecular weight is 433 g/mol. The van der Waals surface area contributed by atoms with Gasteiger partial charge >= 0.3 is 6.09 Å². The monoisotopic (exact) mass is 433 g/mol. The number of fused-ring (bicyclic) bond motifs is 1. The lowest BCUT2D eigenvalue weighted by molar-refractivity contribution is -0.118. The molecule has 30 heavy (non-hydrogen) atoms. The van der Waals surface area contributed by atoms with Gasteiger partial charge in [0.05, 0.1) is 25.8 Å². The quantitative estimate of drug-likeness (QED) is 0.692. The van der Waals surface area contributed by atoms with Gasteiger partial charge in [0.1, 0.15) is 16.5 Å². The van der Waals surface area contributed by atoms with Crippen molar-refractivity contribution in [2.75, 3.05) is 32.2 Å². The molecule has 0 spiro atoms. The summed E-state index contributed by atoms with van der Waals surface area (Å²) < 4.78 is 15.6. The molecule has 1 aromatic heterocycles. The normalized spacial score (nSPS) is 12.7. The Bertz CT molecular complexity index is 941. The van der Waals surface area contributed by atoms with Crippen LogP contribution >= 0.6 is 11.3 Å². The molecule has 0 saturated heterocycles. The van der Waals surface area contributed by atoms with E-state index in [2.05, 4.69) is 5.32 Å². The molecule has 160 valence electrons. The zero-order valence-electron chi connectivity index (χ0n) is 16.7. The SMILES string of the molecule is CCOC(=O)N1CCc2c(sc(NC(=O)COc3ccc(OC)cc3)c2C(N)=O)C1. The predicted molar refractivity (Wildman–Crippen MR) is 111 cm³/mol. The fourth-order valence-corrected chi connectivity index (χ4v) is 4.39. The van der Waals surface area contributed by atoms with E-state index in [0.29, 0.717) is 36.0 Å². The summed E-state index contributed by atoms with van der Waals surface area (Å²) >= 11 is 1.23. The molecule has 3 N–H and O–H groups in total. The summed E-state index contributed by atoms with van der Waals surface area (Å²) in [5.41, 5.74) is 6.61. The highest BCUT2D eigenvalue weighted by molar-refractivity contribution is 7.17. The first-order chi connectivity index (χ1) is 14.4. The number of anilines is 1. The Morgan fingerprint density at radius 3 is 2.53 bits per heavy atom. The van der Waals surface area contributed by atoms with E-state index in [1.807, 2.05) is 0 Å². The van der Waals surface area contributed by atoms with Crippen LogP contribution in [0.3, 0.4) is 0 Å². The van der Waals surface area contributed by atoms with Crippen molar-refractivity contribution in [3.8, 4) is 11.5 Å². The van der Waals surface area contributed by atoms with Crippen molar-refractivity contribution in [3.05, 3.63) is 40.3 Å². The lowest BCUT2D eigenvalue weighted by atomic mass is 10.0. The van der Waals surface area contributed by atoms with Crippen LogP contribution in [0.15, 0.2) is 24.3 Å². The molecule has 2 heterocycles. The molecule has 1 aliphatic heterocycles. The van der Waals surface area contributed by atoms with E-state index in [4.69, 9.17) is 19.9 Å². The third-order valence-corrected chi connectivity index (χ3v) is 5.64. The van der Waals surface area contributed by atoms with Crippen molar-refractivity contribution >= 4 is 34.2 Å². The van der Waals surface area contributed by atoms with Crippen LogP contribution in [-0.4, -0.2) is 49.7 Å². The van der Waals surface area contributed by atoms with Gasteiger partial charge in [-0.15, -0.1) is 11.3 Å². The zero-order valence-corrected chi connectivity index (χ0v) is 17.5. The molecule has 0 unspecified atom stereocenters. The number of hydrogen-bond acceptors (Lipinski definition) is 7. The van der Waals surface area contributed by atoms with Gasteiger partial charge in [0, 0.05) is 11.4 Å². The van der Waals surface area contributed by atoms with E-state index in [1.54, 1.807) is 43.2 Å². The van der Waals surface area contributed by atoms with Crippen LogP contribution in [0.5, 0.6) is 11.5 Å². The number of primary amides is 1. The number of ether oxygens (including phenoxy) is 3. The Kier molecular flexibility index (Phi) is 6.78. The molecule has 10 heteroatoms. The van der Waals surface area contributed by atoms with Gasteiger partial charge in [0.15, 0.2) is 6.61 Å². The minimum Gasteiger partial charge on any atom is -0.497 e. The average Bonchev–Trinajstić information content (AvgIpc) is 3.09. The fourth-order valence-electron chi connectivity index (χ4n) is 3.11. The Morgan fingerprint density at radius 2 is 1.90 bits per heavy atom. The van der Waals surface area contributed by atoms with Gasteiger partial charge in [-0.1, -0.05) is 0 Å². The number of carbonyl (C=O) groups is 3.